The zero-order valence-corrected chi connectivity index (χ0v) is 4.13. The molecule has 28 valence electrons. The second-order valence-corrected chi connectivity index (χ2v) is 1.45. The molecule has 0 N–H and O–H groups in total. The number of nitrogens with zero attached hydrogens (tertiary/aromatic N) is 1. The molecule has 5 heavy (non-hydrogen) atoms. The number of halogens is 1. The highest BCUT2D eigenvalue weighted by Crippen LogP contribution is 1.99. The van der Waals surface area contributed by atoms with Gasteiger partial charge in [-0.1, -0.05) is 6.58 Å². The van der Waals surface area contributed by atoms with Crippen molar-refractivity contribution in [2.75, 3.05) is 0 Å². The third-order valence-electron chi connectivity index (χ3n) is 0.109. The van der Waals surface area contributed by atoms with Crippen LogP contribution in [-0.4, -0.2) is 0 Å². The van der Waals surface area contributed by atoms with Gasteiger partial charge in [-0.25, -0.2) is 0 Å². The van der Waals surface area contributed by atoms with Crippen LogP contribution in [0, 0.1) is 0 Å². The molecule has 0 saturated carbocycles. The highest BCUT2D eigenvalue weighted by molar-refractivity contribution is 7.31. The van der Waals surface area contributed by atoms with E-state index in [4.69, 9.17) is 13.1 Å². The molecule has 3 heteroatoms. The van der Waals surface area contributed by atoms with E-state index in [1.54, 1.807) is 0 Å². The van der Waals surface area contributed by atoms with Gasteiger partial charge in [0.2, 0.25) is 0 Å². The molecule has 0 saturated heterocycles. The fraction of sp³-hybridized carbons (Fsp3) is 0. The van der Waals surface area contributed by atoms with E-state index < -0.39 is 0 Å². The summed E-state index contributed by atoms with van der Waals surface area (Å²) >= 11 is 4.83. The first-order valence-electron chi connectivity index (χ1n) is 1.45. The van der Waals surface area contributed by atoms with Crippen LogP contribution in [0.4, 0.5) is 0 Å². The van der Waals surface area contributed by atoms with Crippen LogP contribution >= 0.6 is 20.1 Å². The minimum Gasteiger partial charge on any atom is -0.157 e. The zero-order chi connectivity index (χ0) is 4.99. The second-order valence-electron chi connectivity index (χ2n) is 0.334. The Hall–Kier alpha value is 0.130. The zero-order valence-electron chi connectivity index (χ0n) is 3.48. The summed E-state index contributed by atoms with van der Waals surface area (Å²) in [7, 11) is 0.441. The standard InChI is InChI=1S/C2H3ClNP/c1-2-5-4-3/h2H,1H2/i2T. The molecule has 0 radical (unpaired) electrons. The van der Waals surface area contributed by atoms with E-state index in [0.29, 0.717) is 8.37 Å². The van der Waals surface area contributed by atoms with Crippen LogP contribution < -0.4 is 0 Å². The van der Waals surface area contributed by atoms with E-state index in [2.05, 4.69) is 10.8 Å². The van der Waals surface area contributed by atoms with E-state index in [1.165, 1.54) is 0 Å². The molecule has 0 spiro atoms. The van der Waals surface area contributed by atoms with E-state index in [-0.39, 0.29) is 5.79 Å². The number of hydrogen-bond donors (Lipinski definition) is 0. The Balaban J connectivity index is 3.30. The minimum absolute atomic E-state index is 0.213. The maximum Gasteiger partial charge on any atom is 0.0686 e. The summed E-state index contributed by atoms with van der Waals surface area (Å²) in [5, 5.41) is 0. The monoisotopic (exact) mass is 109 g/mol. The largest absolute Gasteiger partial charge is 0.157 e. The Bertz CT molecular complexity index is 81.6. The van der Waals surface area contributed by atoms with Crippen molar-refractivity contribution in [2.24, 2.45) is 4.26 Å². The molecule has 0 aliphatic rings. The van der Waals surface area contributed by atoms with Crippen molar-refractivity contribution in [3.63, 3.8) is 0 Å². The molecule has 0 aliphatic heterocycles. The van der Waals surface area contributed by atoms with Gasteiger partial charge < -0.3 is 0 Å². The van der Waals surface area contributed by atoms with Gasteiger partial charge in [-0.3, -0.25) is 0 Å². The maximum absolute atomic E-state index is 6.59. The van der Waals surface area contributed by atoms with Crippen molar-refractivity contribution < 1.29 is 1.37 Å². The topological polar surface area (TPSA) is 12.4 Å². The van der Waals surface area contributed by atoms with Crippen molar-refractivity contribution in [3.8, 4) is 0 Å². The number of rotatable bonds is 1. The van der Waals surface area contributed by atoms with Crippen LogP contribution in [0.3, 0.4) is 0 Å². The second kappa shape index (κ2) is 4.13. The van der Waals surface area contributed by atoms with Gasteiger partial charge in [0.25, 0.3) is 0 Å². The molecule has 0 unspecified atom stereocenters. The maximum atomic E-state index is 6.59. The molecule has 0 aliphatic carbocycles. The lowest BCUT2D eigenvalue weighted by Gasteiger charge is -1.52. The third kappa shape index (κ3) is 4.13. The predicted octanol–water partition coefficient (Wildman–Crippen LogP) is 2.41. The highest BCUT2D eigenvalue weighted by atomic mass is 35.5. The smallest absolute Gasteiger partial charge is 0.0686 e. The van der Waals surface area contributed by atoms with Gasteiger partial charge in [-0.15, -0.1) is 0 Å². The molecule has 0 fully saturated rings. The summed E-state index contributed by atoms with van der Waals surface area (Å²) in [6.07, 6.45) is 0. The van der Waals surface area contributed by atoms with Gasteiger partial charge in [-0.2, -0.15) is 4.26 Å². The Labute approximate surface area is 39.1 Å². The van der Waals surface area contributed by atoms with Gasteiger partial charge >= 0.3 is 0 Å². The lowest BCUT2D eigenvalue weighted by molar-refractivity contribution is 2.04. The molecule has 1 nitrogen and oxygen atoms in total. The van der Waals surface area contributed by atoms with Crippen LogP contribution in [0.25, 0.3) is 0 Å². The molecule has 0 rings (SSSR count). The molecule has 0 atom stereocenters. The molecule has 0 aromatic carbocycles. The summed E-state index contributed by atoms with van der Waals surface area (Å²) in [5.74, 6) is 0.213. The van der Waals surface area contributed by atoms with Crippen LogP contribution in [0.15, 0.2) is 16.6 Å². The minimum atomic E-state index is 0.213. The molecule has 0 heterocycles. The first-order chi connectivity index (χ1) is 2.77. The first-order valence-corrected chi connectivity index (χ1v) is 2.13. The highest BCUT2D eigenvalue weighted by Gasteiger charge is 1.46. The molecular formula is C2H3ClNP. The van der Waals surface area contributed by atoms with Crippen LogP contribution in [0.5, 0.6) is 0 Å². The average Bonchev–Trinajstić information content (AvgIpc) is 1.35. The van der Waals surface area contributed by atoms with Crippen molar-refractivity contribution in [1.29, 1.82) is 0 Å². The van der Waals surface area contributed by atoms with E-state index in [9.17, 15) is 0 Å². The van der Waals surface area contributed by atoms with Crippen molar-refractivity contribution >= 4 is 20.1 Å². The molecule has 0 bridgehead atoms. The molecule has 0 aromatic heterocycles. The van der Waals surface area contributed by atoms with Crippen molar-refractivity contribution in [3.05, 3.63) is 12.4 Å². The Morgan fingerprint density at radius 1 is 2.40 bits per heavy atom. The fourth-order valence-electron chi connectivity index (χ4n) is 0.0267. The summed E-state index contributed by atoms with van der Waals surface area (Å²) in [5.41, 5.74) is 0. The summed E-state index contributed by atoms with van der Waals surface area (Å²) in [6, 6.07) is 0. The van der Waals surface area contributed by atoms with E-state index >= 15 is 0 Å². The Morgan fingerprint density at radius 2 is 3.00 bits per heavy atom. The lowest BCUT2D eigenvalue weighted by Crippen LogP contribution is -1.07. The molecular weight excluding hydrogens is 104 g/mol. The average molecular weight is 109 g/mol. The first kappa shape index (κ1) is 3.32. The van der Waals surface area contributed by atoms with Gasteiger partial charge in [0.1, 0.15) is 0 Å². The SMILES string of the molecule is [3H]C(=C)P=NCl. The summed E-state index contributed by atoms with van der Waals surface area (Å²) in [4.78, 5) is 0. The van der Waals surface area contributed by atoms with Crippen molar-refractivity contribution in [1.82, 2.24) is 0 Å². The fourth-order valence-corrected chi connectivity index (χ4v) is 0.241. The Kier molecular flexibility index (Phi) is 2.75. The number of hydrogen-bond acceptors (Lipinski definition) is 1. The van der Waals surface area contributed by atoms with Gasteiger partial charge in [0.05, 0.1) is 9.74 Å². The Morgan fingerprint density at radius 3 is 3.00 bits per heavy atom. The quantitative estimate of drug-likeness (QED) is 0.459. The van der Waals surface area contributed by atoms with Gasteiger partial charge in [-0.05, 0) is 5.79 Å². The van der Waals surface area contributed by atoms with Crippen LogP contribution in [0.1, 0.15) is 1.37 Å². The molecule has 0 aromatic rings. The van der Waals surface area contributed by atoms with Crippen LogP contribution in [-0.2, 0) is 0 Å². The normalized spacial score (nSPS) is 11.8. The molecule has 0 amide bonds. The van der Waals surface area contributed by atoms with Gasteiger partial charge in [0, 0.05) is 11.8 Å². The predicted molar refractivity (Wildman–Crippen MR) is 25.4 cm³/mol. The van der Waals surface area contributed by atoms with E-state index in [1.807, 2.05) is 0 Å². The summed E-state index contributed by atoms with van der Waals surface area (Å²) < 4.78 is 9.69. The van der Waals surface area contributed by atoms with Crippen LogP contribution in [0.2, 0.25) is 0 Å². The van der Waals surface area contributed by atoms with Crippen molar-refractivity contribution in [2.45, 2.75) is 0 Å². The third-order valence-corrected chi connectivity index (χ3v) is 0.552. The lowest BCUT2D eigenvalue weighted by atomic mass is 11.3. The van der Waals surface area contributed by atoms with Gasteiger partial charge in [0.15, 0.2) is 0 Å². The summed E-state index contributed by atoms with van der Waals surface area (Å²) in [6.45, 7) is 3.22. The van der Waals surface area contributed by atoms with E-state index in [0.717, 1.165) is 0 Å².